The second-order valence-electron chi connectivity index (χ2n) is 4.09. The van der Waals surface area contributed by atoms with Crippen molar-refractivity contribution < 1.29 is 9.72 Å². The van der Waals surface area contributed by atoms with Crippen molar-refractivity contribution in [3.8, 4) is 0 Å². The van der Waals surface area contributed by atoms with Crippen LogP contribution in [-0.4, -0.2) is 44.1 Å². The molecule has 0 bridgehead atoms. The van der Waals surface area contributed by atoms with Crippen LogP contribution in [0.15, 0.2) is 30.6 Å². The van der Waals surface area contributed by atoms with Crippen molar-refractivity contribution in [2.75, 3.05) is 18.4 Å². The molecule has 0 radical (unpaired) electrons. The number of carbonyl (C=O) groups is 1. The minimum atomic E-state index is -0.455. The number of nitrogens with zero attached hydrogens (tertiary/aromatic N) is 5. The van der Waals surface area contributed by atoms with Gasteiger partial charge in [0.05, 0.1) is 4.92 Å². The molecule has 0 unspecified atom stereocenters. The van der Waals surface area contributed by atoms with Gasteiger partial charge < -0.3 is 10.6 Å². The maximum absolute atomic E-state index is 11.5. The Kier molecular flexibility index (Phi) is 4.75. The molecule has 1 amide bonds. The van der Waals surface area contributed by atoms with E-state index >= 15 is 0 Å². The second kappa shape index (κ2) is 6.93. The first-order valence-electron chi connectivity index (χ1n) is 6.11. The van der Waals surface area contributed by atoms with Gasteiger partial charge in [-0.15, -0.1) is 5.10 Å². The number of nitrogens with one attached hydrogen (secondary N) is 2. The first kappa shape index (κ1) is 14.4. The van der Waals surface area contributed by atoms with Crippen LogP contribution in [0.1, 0.15) is 0 Å². The molecule has 1 aromatic carbocycles. The molecule has 110 valence electrons. The summed E-state index contributed by atoms with van der Waals surface area (Å²) in [5.74, 6) is -0.201. The van der Waals surface area contributed by atoms with E-state index in [9.17, 15) is 14.9 Å². The molecule has 0 saturated heterocycles. The van der Waals surface area contributed by atoms with Gasteiger partial charge in [0.1, 0.15) is 12.9 Å². The molecule has 0 spiro atoms. The third-order valence-electron chi connectivity index (χ3n) is 2.55. The van der Waals surface area contributed by atoms with Gasteiger partial charge in [-0.25, -0.2) is 4.68 Å². The first-order valence-corrected chi connectivity index (χ1v) is 6.11. The topological polar surface area (TPSA) is 128 Å². The summed E-state index contributed by atoms with van der Waals surface area (Å²) in [6, 6.07) is 6.05. The van der Waals surface area contributed by atoms with E-state index in [4.69, 9.17) is 0 Å². The molecule has 2 rings (SSSR count). The van der Waals surface area contributed by atoms with E-state index in [0.717, 1.165) is 5.69 Å². The summed E-state index contributed by atoms with van der Waals surface area (Å²) in [5, 5.41) is 26.7. The Hall–Kier alpha value is -3.04. The quantitative estimate of drug-likeness (QED) is 0.411. The molecule has 0 aliphatic heterocycles. The van der Waals surface area contributed by atoms with Crippen LogP contribution in [0.4, 0.5) is 11.4 Å². The first-order chi connectivity index (χ1) is 10.1. The van der Waals surface area contributed by atoms with E-state index in [0.29, 0.717) is 13.1 Å². The van der Waals surface area contributed by atoms with Crippen molar-refractivity contribution in [2.24, 2.45) is 0 Å². The largest absolute Gasteiger partial charge is 0.383 e. The van der Waals surface area contributed by atoms with Gasteiger partial charge in [-0.3, -0.25) is 14.9 Å². The van der Waals surface area contributed by atoms with E-state index < -0.39 is 4.92 Å². The Balaban J connectivity index is 1.67. The Labute approximate surface area is 119 Å². The third kappa shape index (κ3) is 4.53. The average molecular weight is 291 g/mol. The Morgan fingerprint density at radius 1 is 1.29 bits per heavy atom. The van der Waals surface area contributed by atoms with Gasteiger partial charge in [-0.2, -0.15) is 0 Å². The number of nitro groups is 1. The fraction of sp³-hybridized carbons (Fsp3) is 0.273. The minimum Gasteiger partial charge on any atom is -0.383 e. The zero-order chi connectivity index (χ0) is 15.1. The van der Waals surface area contributed by atoms with Gasteiger partial charge in [-0.05, 0) is 22.6 Å². The normalized spacial score (nSPS) is 10.1. The van der Waals surface area contributed by atoms with Crippen molar-refractivity contribution in [2.45, 2.75) is 6.54 Å². The van der Waals surface area contributed by atoms with Crippen LogP contribution >= 0.6 is 0 Å². The van der Waals surface area contributed by atoms with Crippen molar-refractivity contribution in [1.29, 1.82) is 0 Å². The SMILES string of the molecule is O=C(Cn1cnnn1)NCCNc1ccc([N+](=O)[O-])cc1. The zero-order valence-corrected chi connectivity index (χ0v) is 11.0. The molecule has 0 atom stereocenters. The molecule has 10 nitrogen and oxygen atoms in total. The van der Waals surface area contributed by atoms with Gasteiger partial charge in [0.25, 0.3) is 5.69 Å². The van der Waals surface area contributed by atoms with Gasteiger partial charge in [0.2, 0.25) is 5.91 Å². The molecule has 0 saturated carbocycles. The fourth-order valence-corrected chi connectivity index (χ4v) is 1.57. The lowest BCUT2D eigenvalue weighted by Gasteiger charge is -2.07. The van der Waals surface area contributed by atoms with Gasteiger partial charge >= 0.3 is 0 Å². The number of hydrogen-bond donors (Lipinski definition) is 2. The molecule has 10 heteroatoms. The molecule has 2 aromatic rings. The predicted molar refractivity (Wildman–Crippen MR) is 72.4 cm³/mol. The van der Waals surface area contributed by atoms with Crippen LogP contribution < -0.4 is 10.6 Å². The minimum absolute atomic E-state index is 0.0373. The van der Waals surface area contributed by atoms with E-state index in [2.05, 4.69) is 26.2 Å². The average Bonchev–Trinajstić information content (AvgIpc) is 2.97. The highest BCUT2D eigenvalue weighted by molar-refractivity contribution is 5.75. The van der Waals surface area contributed by atoms with Crippen molar-refractivity contribution in [3.63, 3.8) is 0 Å². The highest BCUT2D eigenvalue weighted by Gasteiger charge is 2.04. The van der Waals surface area contributed by atoms with Gasteiger partial charge in [0.15, 0.2) is 0 Å². The smallest absolute Gasteiger partial charge is 0.269 e. The number of hydrogen-bond acceptors (Lipinski definition) is 7. The molecule has 1 heterocycles. The standard InChI is InChI=1S/C11H13N7O3/c19-11(7-17-8-14-15-16-17)13-6-5-12-9-1-3-10(4-2-9)18(20)21/h1-4,8,12H,5-7H2,(H,13,19). The van der Waals surface area contributed by atoms with Crippen molar-refractivity contribution in [1.82, 2.24) is 25.5 Å². The second-order valence-corrected chi connectivity index (χ2v) is 4.09. The molecule has 1 aromatic heterocycles. The summed E-state index contributed by atoms with van der Waals surface area (Å²) in [5.41, 5.74) is 0.783. The molecule has 21 heavy (non-hydrogen) atoms. The number of anilines is 1. The lowest BCUT2D eigenvalue weighted by atomic mass is 10.3. The summed E-state index contributed by atoms with van der Waals surface area (Å²) < 4.78 is 1.32. The monoisotopic (exact) mass is 291 g/mol. The number of nitro benzene ring substituents is 1. The summed E-state index contributed by atoms with van der Waals surface area (Å²) in [4.78, 5) is 21.6. The maximum atomic E-state index is 11.5. The van der Waals surface area contributed by atoms with Crippen LogP contribution in [0.25, 0.3) is 0 Å². The zero-order valence-electron chi connectivity index (χ0n) is 11.0. The number of benzene rings is 1. The van der Waals surface area contributed by atoms with Gasteiger partial charge in [-0.1, -0.05) is 0 Å². The number of tetrazole rings is 1. The van der Waals surface area contributed by atoms with Crippen LogP contribution in [0.3, 0.4) is 0 Å². The number of rotatable bonds is 7. The number of non-ortho nitro benzene ring substituents is 1. The molecule has 0 aliphatic rings. The van der Waals surface area contributed by atoms with Crippen LogP contribution in [0, 0.1) is 10.1 Å². The molecule has 0 aliphatic carbocycles. The molecule has 2 N–H and O–H groups in total. The van der Waals surface area contributed by atoms with E-state index in [-0.39, 0.29) is 18.1 Å². The summed E-state index contributed by atoms with van der Waals surface area (Å²) >= 11 is 0. The lowest BCUT2D eigenvalue weighted by molar-refractivity contribution is -0.384. The van der Waals surface area contributed by atoms with Crippen LogP contribution in [0.2, 0.25) is 0 Å². The molecular weight excluding hydrogens is 278 g/mol. The predicted octanol–water partition coefficient (Wildman–Crippen LogP) is -0.190. The highest BCUT2D eigenvalue weighted by Crippen LogP contribution is 2.14. The van der Waals surface area contributed by atoms with E-state index in [1.54, 1.807) is 12.1 Å². The summed E-state index contributed by atoms with van der Waals surface area (Å²) in [7, 11) is 0. The number of amides is 1. The van der Waals surface area contributed by atoms with Crippen LogP contribution in [0.5, 0.6) is 0 Å². The number of aromatic nitrogens is 4. The fourth-order valence-electron chi connectivity index (χ4n) is 1.57. The highest BCUT2D eigenvalue weighted by atomic mass is 16.6. The number of carbonyl (C=O) groups excluding carboxylic acids is 1. The third-order valence-corrected chi connectivity index (χ3v) is 2.55. The van der Waals surface area contributed by atoms with E-state index in [1.807, 2.05) is 0 Å². The van der Waals surface area contributed by atoms with Crippen LogP contribution in [-0.2, 0) is 11.3 Å². The lowest BCUT2D eigenvalue weighted by Crippen LogP contribution is -2.31. The Morgan fingerprint density at radius 3 is 2.67 bits per heavy atom. The molecular formula is C11H13N7O3. The van der Waals surface area contributed by atoms with Crippen molar-refractivity contribution >= 4 is 17.3 Å². The summed E-state index contributed by atoms with van der Waals surface area (Å²) in [6.45, 7) is 0.974. The van der Waals surface area contributed by atoms with Crippen molar-refractivity contribution in [3.05, 3.63) is 40.7 Å². The Morgan fingerprint density at radius 2 is 2.05 bits per heavy atom. The van der Waals surface area contributed by atoms with E-state index in [1.165, 1.54) is 23.1 Å². The molecule has 0 fully saturated rings. The Bertz CT molecular complexity index is 597. The maximum Gasteiger partial charge on any atom is 0.269 e. The van der Waals surface area contributed by atoms with Gasteiger partial charge in [0, 0.05) is 30.9 Å². The summed E-state index contributed by atoms with van der Waals surface area (Å²) in [6.07, 6.45) is 1.36.